The second-order valence-electron chi connectivity index (χ2n) is 6.44. The van der Waals surface area contributed by atoms with E-state index in [1.807, 2.05) is 26.0 Å². The molecule has 1 aromatic heterocycles. The quantitative estimate of drug-likeness (QED) is 0.849. The first-order chi connectivity index (χ1) is 12.5. The summed E-state index contributed by atoms with van der Waals surface area (Å²) in [5.74, 6) is 0.432. The molecule has 0 N–H and O–H groups in total. The zero-order valence-electron chi connectivity index (χ0n) is 15.4. The van der Waals surface area contributed by atoms with Crippen LogP contribution in [0.25, 0.3) is 0 Å². The largest absolute Gasteiger partial charge is 0.496 e. The number of ether oxygens (including phenoxy) is 1. The number of aryl methyl sites for hydroxylation is 2. The van der Waals surface area contributed by atoms with Gasteiger partial charge in [-0.25, -0.2) is 0 Å². The number of hydrogen-bond acceptors (Lipinski definition) is 4. The number of amides is 2. The molecule has 26 heavy (non-hydrogen) atoms. The number of benzene rings is 1. The van der Waals surface area contributed by atoms with Gasteiger partial charge in [0.15, 0.2) is 0 Å². The first-order valence-electron chi connectivity index (χ1n) is 8.66. The molecular formula is C20H23N3O3. The van der Waals surface area contributed by atoms with E-state index in [1.54, 1.807) is 41.3 Å². The third-order valence-electron chi connectivity index (χ3n) is 4.78. The maximum absolute atomic E-state index is 12.9. The maximum atomic E-state index is 12.9. The van der Waals surface area contributed by atoms with Crippen LogP contribution < -0.4 is 4.74 Å². The first kappa shape index (κ1) is 17.9. The van der Waals surface area contributed by atoms with Crippen molar-refractivity contribution < 1.29 is 14.3 Å². The summed E-state index contributed by atoms with van der Waals surface area (Å²) in [4.78, 5) is 33.0. The highest BCUT2D eigenvalue weighted by molar-refractivity contribution is 5.98. The average molecular weight is 353 g/mol. The fourth-order valence-electron chi connectivity index (χ4n) is 3.06. The van der Waals surface area contributed by atoms with Gasteiger partial charge in [0.2, 0.25) is 0 Å². The van der Waals surface area contributed by atoms with Crippen LogP contribution in [0.1, 0.15) is 32.0 Å². The van der Waals surface area contributed by atoms with Gasteiger partial charge in [-0.15, -0.1) is 0 Å². The Hall–Kier alpha value is -2.89. The molecule has 2 heterocycles. The summed E-state index contributed by atoms with van der Waals surface area (Å²) >= 11 is 0. The topological polar surface area (TPSA) is 62.7 Å². The maximum Gasteiger partial charge on any atom is 0.272 e. The molecule has 2 amide bonds. The van der Waals surface area contributed by atoms with Gasteiger partial charge < -0.3 is 14.5 Å². The fraction of sp³-hybridized carbons (Fsp3) is 0.350. The van der Waals surface area contributed by atoms with Crippen LogP contribution in [0.2, 0.25) is 0 Å². The predicted octanol–water partition coefficient (Wildman–Crippen LogP) is 2.31. The number of hydrogen-bond donors (Lipinski definition) is 0. The van der Waals surface area contributed by atoms with Crippen LogP contribution in [0.5, 0.6) is 5.75 Å². The molecule has 1 aromatic carbocycles. The molecule has 1 saturated heterocycles. The Morgan fingerprint density at radius 1 is 0.962 bits per heavy atom. The van der Waals surface area contributed by atoms with E-state index in [0.717, 1.165) is 11.1 Å². The van der Waals surface area contributed by atoms with Crippen molar-refractivity contribution in [1.82, 2.24) is 14.8 Å². The average Bonchev–Trinajstić information content (AvgIpc) is 2.69. The number of rotatable bonds is 3. The number of piperazine rings is 1. The third-order valence-corrected chi connectivity index (χ3v) is 4.78. The predicted molar refractivity (Wildman–Crippen MR) is 98.5 cm³/mol. The minimum absolute atomic E-state index is 0.0603. The molecule has 0 bridgehead atoms. The second kappa shape index (κ2) is 7.56. The lowest BCUT2D eigenvalue weighted by atomic mass is 10.0. The number of carbonyl (C=O) groups excluding carboxylic acids is 2. The van der Waals surface area contributed by atoms with Gasteiger partial charge in [-0.05, 0) is 49.2 Å². The molecule has 0 atom stereocenters. The lowest BCUT2D eigenvalue weighted by Crippen LogP contribution is -2.50. The van der Waals surface area contributed by atoms with Crippen molar-refractivity contribution in [2.75, 3.05) is 33.3 Å². The summed E-state index contributed by atoms with van der Waals surface area (Å²) in [5, 5.41) is 0. The Morgan fingerprint density at radius 2 is 1.58 bits per heavy atom. The van der Waals surface area contributed by atoms with Crippen LogP contribution in [-0.2, 0) is 0 Å². The van der Waals surface area contributed by atoms with Gasteiger partial charge in [-0.3, -0.25) is 14.6 Å². The van der Waals surface area contributed by atoms with E-state index < -0.39 is 0 Å². The molecule has 136 valence electrons. The van der Waals surface area contributed by atoms with Crippen molar-refractivity contribution in [1.29, 1.82) is 0 Å². The Bertz CT molecular complexity index is 813. The second-order valence-corrected chi connectivity index (χ2v) is 6.44. The van der Waals surface area contributed by atoms with Gasteiger partial charge in [0.25, 0.3) is 11.8 Å². The summed E-state index contributed by atoms with van der Waals surface area (Å²) in [6.07, 6.45) is 1.61. The van der Waals surface area contributed by atoms with Crippen LogP contribution >= 0.6 is 0 Å². The molecule has 3 rings (SSSR count). The van der Waals surface area contributed by atoms with Crippen LogP contribution in [-0.4, -0.2) is 59.9 Å². The van der Waals surface area contributed by atoms with E-state index >= 15 is 0 Å². The number of carbonyl (C=O) groups is 2. The minimum atomic E-state index is -0.0959. The monoisotopic (exact) mass is 353 g/mol. The van der Waals surface area contributed by atoms with Crippen molar-refractivity contribution >= 4 is 11.8 Å². The smallest absolute Gasteiger partial charge is 0.272 e. The minimum Gasteiger partial charge on any atom is -0.496 e. The zero-order chi connectivity index (χ0) is 18.7. The molecule has 0 saturated carbocycles. The molecule has 6 nitrogen and oxygen atoms in total. The van der Waals surface area contributed by atoms with Gasteiger partial charge in [0.1, 0.15) is 11.4 Å². The molecule has 0 radical (unpaired) electrons. The summed E-state index contributed by atoms with van der Waals surface area (Å²) < 4.78 is 5.39. The molecular weight excluding hydrogens is 330 g/mol. The number of methoxy groups -OCH3 is 1. The summed E-state index contributed by atoms with van der Waals surface area (Å²) in [5.41, 5.74) is 3.14. The molecule has 1 aliphatic heterocycles. The highest BCUT2D eigenvalue weighted by Crippen LogP contribution is 2.25. The summed E-state index contributed by atoms with van der Waals surface area (Å²) in [7, 11) is 1.57. The normalized spacial score (nSPS) is 14.3. The van der Waals surface area contributed by atoms with Gasteiger partial charge in [0, 0.05) is 32.4 Å². The van der Waals surface area contributed by atoms with Gasteiger partial charge >= 0.3 is 0 Å². The van der Waals surface area contributed by atoms with Gasteiger partial charge in [-0.1, -0.05) is 6.07 Å². The SMILES string of the molecule is COc1cc(C)c(C)cc1C(=O)N1CCN(C(=O)c2ccccn2)CC1. The Labute approximate surface area is 153 Å². The van der Waals surface area contributed by atoms with Crippen LogP contribution in [0.3, 0.4) is 0 Å². The first-order valence-corrected chi connectivity index (χ1v) is 8.66. The number of pyridine rings is 1. The fourth-order valence-corrected chi connectivity index (χ4v) is 3.06. The molecule has 0 aliphatic carbocycles. The van der Waals surface area contributed by atoms with Crippen molar-refractivity contribution in [2.45, 2.75) is 13.8 Å². The molecule has 1 aliphatic rings. The standard InChI is InChI=1S/C20H23N3O3/c1-14-12-16(18(26-3)13-15(14)2)19(24)22-8-10-23(11-9-22)20(25)17-6-4-5-7-21-17/h4-7,12-13H,8-11H2,1-3H3. The van der Waals surface area contributed by atoms with E-state index in [-0.39, 0.29) is 11.8 Å². The Kier molecular flexibility index (Phi) is 5.21. The van der Waals surface area contributed by atoms with E-state index in [2.05, 4.69) is 4.98 Å². The van der Waals surface area contributed by atoms with E-state index in [1.165, 1.54) is 0 Å². The molecule has 0 spiro atoms. The lowest BCUT2D eigenvalue weighted by Gasteiger charge is -2.35. The van der Waals surface area contributed by atoms with Gasteiger partial charge in [-0.2, -0.15) is 0 Å². The lowest BCUT2D eigenvalue weighted by molar-refractivity contribution is 0.0530. The number of nitrogens with zero attached hydrogens (tertiary/aromatic N) is 3. The molecule has 6 heteroatoms. The summed E-state index contributed by atoms with van der Waals surface area (Å²) in [6, 6.07) is 9.06. The van der Waals surface area contributed by atoms with Gasteiger partial charge in [0.05, 0.1) is 12.7 Å². The van der Waals surface area contributed by atoms with Crippen molar-refractivity contribution in [3.8, 4) is 5.75 Å². The van der Waals surface area contributed by atoms with E-state index in [9.17, 15) is 9.59 Å². The molecule has 0 unspecified atom stereocenters. The van der Waals surface area contributed by atoms with Crippen molar-refractivity contribution in [2.24, 2.45) is 0 Å². The highest BCUT2D eigenvalue weighted by Gasteiger charge is 2.27. The number of aromatic nitrogens is 1. The zero-order valence-corrected chi connectivity index (χ0v) is 15.4. The third kappa shape index (κ3) is 3.54. The summed E-state index contributed by atoms with van der Waals surface area (Å²) in [6.45, 7) is 5.95. The van der Waals surface area contributed by atoms with Crippen molar-refractivity contribution in [3.63, 3.8) is 0 Å². The van der Waals surface area contributed by atoms with Crippen molar-refractivity contribution in [3.05, 3.63) is 58.9 Å². The van der Waals surface area contributed by atoms with Crippen LogP contribution in [0, 0.1) is 13.8 Å². The van der Waals surface area contributed by atoms with E-state index in [0.29, 0.717) is 43.2 Å². The van der Waals surface area contributed by atoms with E-state index in [4.69, 9.17) is 4.74 Å². The Morgan fingerprint density at radius 3 is 2.15 bits per heavy atom. The molecule has 2 aromatic rings. The van der Waals surface area contributed by atoms with Crippen LogP contribution in [0.15, 0.2) is 36.5 Å². The van der Waals surface area contributed by atoms with Crippen LogP contribution in [0.4, 0.5) is 0 Å². The highest BCUT2D eigenvalue weighted by atomic mass is 16.5. The molecule has 1 fully saturated rings. The Balaban J connectivity index is 1.69.